The van der Waals surface area contributed by atoms with E-state index in [1.54, 1.807) is 0 Å². The number of rotatable bonds is 7. The normalized spacial score (nSPS) is 16.6. The molecule has 1 N–H and O–H groups in total. The Morgan fingerprint density at radius 3 is 2.73 bits per heavy atom. The third kappa shape index (κ3) is 4.66. The lowest BCUT2D eigenvalue weighted by atomic mass is 10.1. The van der Waals surface area contributed by atoms with Crippen LogP contribution in [0.3, 0.4) is 0 Å². The predicted octanol–water partition coefficient (Wildman–Crippen LogP) is 2.66. The summed E-state index contributed by atoms with van der Waals surface area (Å²) in [6, 6.07) is 3.92. The second-order valence-corrected chi connectivity index (χ2v) is 6.78. The van der Waals surface area contributed by atoms with Crippen LogP contribution in [0.2, 0.25) is 5.22 Å². The Kier molecular flexibility index (Phi) is 6.34. The second-order valence-electron chi connectivity index (χ2n) is 6.44. The van der Waals surface area contributed by atoms with Crippen LogP contribution in [0.5, 0.6) is 0 Å². The molecule has 0 aromatic carbocycles. The third-order valence-corrected chi connectivity index (χ3v) is 4.90. The predicted molar refractivity (Wildman–Crippen MR) is 96.2 cm³/mol. The summed E-state index contributed by atoms with van der Waals surface area (Å²) >= 11 is 5.95. The second kappa shape index (κ2) is 8.70. The minimum absolute atomic E-state index is 0.00235. The number of hydrogen-bond donors (Lipinski definition) is 1. The molecule has 2 aromatic rings. The zero-order valence-corrected chi connectivity index (χ0v) is 15.8. The number of halogens is 1. The molecule has 1 aliphatic heterocycles. The van der Waals surface area contributed by atoms with Crippen LogP contribution in [0.1, 0.15) is 35.2 Å². The van der Waals surface area contributed by atoms with E-state index in [0.717, 1.165) is 35.9 Å². The van der Waals surface area contributed by atoms with Gasteiger partial charge in [-0.2, -0.15) is 0 Å². The highest BCUT2D eigenvalue weighted by Gasteiger charge is 2.25. The molecule has 1 amide bonds. The van der Waals surface area contributed by atoms with E-state index in [4.69, 9.17) is 25.3 Å². The fourth-order valence-electron chi connectivity index (χ4n) is 3.11. The van der Waals surface area contributed by atoms with Crippen molar-refractivity contribution in [3.8, 4) is 0 Å². The first-order chi connectivity index (χ1) is 12.5. The average Bonchev–Trinajstić information content (AvgIpc) is 3.20. The smallest absolute Gasteiger partial charge is 0.229 e. The molecular weight excluding hydrogens is 358 g/mol. The number of nitrogens with one attached hydrogen (secondary N) is 1. The van der Waals surface area contributed by atoms with Gasteiger partial charge in [-0.3, -0.25) is 9.69 Å². The van der Waals surface area contributed by atoms with Crippen molar-refractivity contribution in [3.63, 3.8) is 0 Å². The van der Waals surface area contributed by atoms with Crippen LogP contribution in [0.25, 0.3) is 0 Å². The molecule has 1 saturated heterocycles. The number of aryl methyl sites for hydroxylation is 2. The zero-order valence-electron chi connectivity index (χ0n) is 15.1. The molecule has 3 rings (SSSR count). The van der Waals surface area contributed by atoms with E-state index in [-0.39, 0.29) is 17.2 Å². The van der Waals surface area contributed by atoms with Crippen molar-refractivity contribution in [1.82, 2.24) is 15.4 Å². The van der Waals surface area contributed by atoms with E-state index in [0.29, 0.717) is 32.6 Å². The maximum Gasteiger partial charge on any atom is 0.229 e. The highest BCUT2D eigenvalue weighted by molar-refractivity contribution is 6.29. The first-order valence-corrected chi connectivity index (χ1v) is 9.18. The number of nitrogens with zero attached hydrogens (tertiary/aromatic N) is 2. The fraction of sp³-hybridized carbons (Fsp3) is 0.556. The molecular formula is C18H24ClN3O4. The Morgan fingerprint density at radius 1 is 1.35 bits per heavy atom. The standard InChI is InChI=1S/C18H24ClN3O4/c1-12-3-5-16(25-12)15(22-7-9-24-10-8-22)11-20-17(23)6-4-14-13(2)21-26-18(14)19/h3,5,15H,4,6-11H2,1-2H3,(H,20,23)/t15-/m0/s1. The Labute approximate surface area is 157 Å². The van der Waals surface area contributed by atoms with Gasteiger partial charge in [0.15, 0.2) is 0 Å². The average molecular weight is 382 g/mol. The third-order valence-electron chi connectivity index (χ3n) is 4.61. The van der Waals surface area contributed by atoms with E-state index in [9.17, 15) is 4.79 Å². The largest absolute Gasteiger partial charge is 0.465 e. The van der Waals surface area contributed by atoms with Gasteiger partial charge in [-0.25, -0.2) is 0 Å². The molecule has 26 heavy (non-hydrogen) atoms. The van der Waals surface area contributed by atoms with Gasteiger partial charge in [0.2, 0.25) is 11.1 Å². The summed E-state index contributed by atoms with van der Waals surface area (Å²) in [5.41, 5.74) is 1.51. The number of ether oxygens (including phenoxy) is 1. The van der Waals surface area contributed by atoms with Gasteiger partial charge in [-0.15, -0.1) is 0 Å². The Bertz CT molecular complexity index is 717. The number of aromatic nitrogens is 1. The van der Waals surface area contributed by atoms with Crippen molar-refractivity contribution in [1.29, 1.82) is 0 Å². The molecule has 0 radical (unpaired) electrons. The lowest BCUT2D eigenvalue weighted by molar-refractivity contribution is -0.121. The van der Waals surface area contributed by atoms with Crippen molar-refractivity contribution < 1.29 is 18.5 Å². The van der Waals surface area contributed by atoms with Crippen LogP contribution in [0.4, 0.5) is 0 Å². The van der Waals surface area contributed by atoms with E-state index in [1.807, 2.05) is 26.0 Å². The molecule has 8 heteroatoms. The van der Waals surface area contributed by atoms with Crippen LogP contribution in [0.15, 0.2) is 21.1 Å². The summed E-state index contributed by atoms with van der Waals surface area (Å²) in [4.78, 5) is 14.6. The fourth-order valence-corrected chi connectivity index (χ4v) is 3.37. The molecule has 0 saturated carbocycles. The summed E-state index contributed by atoms with van der Waals surface area (Å²) in [5, 5.41) is 7.07. The van der Waals surface area contributed by atoms with Crippen molar-refractivity contribution in [2.24, 2.45) is 0 Å². The zero-order chi connectivity index (χ0) is 18.5. The summed E-state index contributed by atoms with van der Waals surface area (Å²) < 4.78 is 16.2. The van der Waals surface area contributed by atoms with Crippen molar-refractivity contribution in [3.05, 3.63) is 40.1 Å². The van der Waals surface area contributed by atoms with Crippen molar-refractivity contribution in [2.75, 3.05) is 32.8 Å². The molecule has 0 bridgehead atoms. The Balaban J connectivity index is 1.57. The first-order valence-electron chi connectivity index (χ1n) is 8.80. The van der Waals surface area contributed by atoms with Gasteiger partial charge in [0.25, 0.3) is 0 Å². The van der Waals surface area contributed by atoms with Gasteiger partial charge in [0, 0.05) is 31.6 Å². The maximum atomic E-state index is 12.3. The molecule has 1 atom stereocenters. The molecule has 142 valence electrons. The molecule has 0 unspecified atom stereocenters. The van der Waals surface area contributed by atoms with E-state index in [1.165, 1.54) is 0 Å². The topological polar surface area (TPSA) is 80.7 Å². The number of morpholine rings is 1. The summed E-state index contributed by atoms with van der Waals surface area (Å²) in [5.74, 6) is 1.69. The van der Waals surface area contributed by atoms with E-state index in [2.05, 4.69) is 15.4 Å². The van der Waals surface area contributed by atoms with E-state index >= 15 is 0 Å². The number of hydrogen-bond acceptors (Lipinski definition) is 6. The molecule has 7 nitrogen and oxygen atoms in total. The van der Waals surface area contributed by atoms with Gasteiger partial charge >= 0.3 is 0 Å². The molecule has 0 spiro atoms. The van der Waals surface area contributed by atoms with Gasteiger partial charge < -0.3 is 19.0 Å². The van der Waals surface area contributed by atoms with Crippen LogP contribution in [-0.2, 0) is 16.0 Å². The number of carbonyl (C=O) groups excluding carboxylic acids is 1. The SMILES string of the molecule is Cc1ccc([C@H](CNC(=O)CCc2c(C)noc2Cl)N2CCOCC2)o1. The Morgan fingerprint density at radius 2 is 2.12 bits per heavy atom. The minimum Gasteiger partial charge on any atom is -0.465 e. The molecule has 1 aliphatic rings. The lowest BCUT2D eigenvalue weighted by Gasteiger charge is -2.33. The first kappa shape index (κ1) is 18.9. The van der Waals surface area contributed by atoms with Crippen molar-refractivity contribution >= 4 is 17.5 Å². The Hall–Kier alpha value is -1.83. The van der Waals surface area contributed by atoms with Crippen LogP contribution in [-0.4, -0.2) is 48.8 Å². The quantitative estimate of drug-likeness (QED) is 0.794. The summed E-state index contributed by atoms with van der Waals surface area (Å²) in [6.45, 7) is 7.23. The van der Waals surface area contributed by atoms with Gasteiger partial charge in [0.1, 0.15) is 11.5 Å². The van der Waals surface area contributed by atoms with E-state index < -0.39 is 0 Å². The molecule has 0 aliphatic carbocycles. The number of furan rings is 1. The number of carbonyl (C=O) groups is 1. The highest BCUT2D eigenvalue weighted by Crippen LogP contribution is 2.24. The minimum atomic E-state index is -0.0387. The van der Waals surface area contributed by atoms with Gasteiger partial charge in [-0.1, -0.05) is 5.16 Å². The van der Waals surface area contributed by atoms with Crippen LogP contribution >= 0.6 is 11.6 Å². The van der Waals surface area contributed by atoms with Crippen LogP contribution in [0, 0.1) is 13.8 Å². The maximum absolute atomic E-state index is 12.3. The molecule has 2 aromatic heterocycles. The lowest BCUT2D eigenvalue weighted by Crippen LogP contribution is -2.43. The molecule has 3 heterocycles. The highest BCUT2D eigenvalue weighted by atomic mass is 35.5. The summed E-state index contributed by atoms with van der Waals surface area (Å²) in [6.07, 6.45) is 0.830. The van der Waals surface area contributed by atoms with Gasteiger partial charge in [0.05, 0.1) is 24.9 Å². The van der Waals surface area contributed by atoms with Gasteiger partial charge in [-0.05, 0) is 44.0 Å². The summed E-state index contributed by atoms with van der Waals surface area (Å²) in [7, 11) is 0. The monoisotopic (exact) mass is 381 g/mol. The number of amides is 1. The van der Waals surface area contributed by atoms with Crippen LogP contribution < -0.4 is 5.32 Å². The van der Waals surface area contributed by atoms with Crippen molar-refractivity contribution in [2.45, 2.75) is 32.7 Å². The molecule has 1 fully saturated rings.